The topological polar surface area (TPSA) is 55.1 Å². The number of nitrogen functional groups attached to an aromatic ring is 1. The molecule has 0 bridgehead atoms. The number of carbonyl (C=O) groups excluding carboxylic acids is 1. The largest absolute Gasteiger partial charge is 0.397 e. The van der Waals surface area contributed by atoms with Gasteiger partial charge in [-0.2, -0.15) is 0 Å². The van der Waals surface area contributed by atoms with E-state index in [0.717, 1.165) is 0 Å². The van der Waals surface area contributed by atoms with Crippen LogP contribution in [0.5, 0.6) is 0 Å². The summed E-state index contributed by atoms with van der Waals surface area (Å²) in [7, 11) is 0. The molecule has 3 N–H and O–H groups in total. The number of thiophene rings is 1. The van der Waals surface area contributed by atoms with Gasteiger partial charge in [-0.25, -0.2) is 0 Å². The Kier molecular flexibility index (Phi) is 4.05. The summed E-state index contributed by atoms with van der Waals surface area (Å²) in [6.07, 6.45) is 6.41. The van der Waals surface area contributed by atoms with Gasteiger partial charge >= 0.3 is 0 Å². The number of amides is 1. The van der Waals surface area contributed by atoms with E-state index in [1.807, 2.05) is 5.38 Å². The van der Waals surface area contributed by atoms with Crippen LogP contribution in [-0.2, 0) is 0 Å². The standard InChI is InChI=1S/C13H20N2OS/c1-9(10-5-3-2-4-6-10)15-13(16)12-11(14)7-8-17-12/h7-10H,2-6,14H2,1H3,(H,15,16). The van der Waals surface area contributed by atoms with Crippen molar-refractivity contribution >= 4 is 22.9 Å². The lowest BCUT2D eigenvalue weighted by atomic mass is 9.84. The fourth-order valence-electron chi connectivity index (χ4n) is 2.53. The zero-order valence-electron chi connectivity index (χ0n) is 10.2. The molecule has 1 fully saturated rings. The number of hydrogen-bond acceptors (Lipinski definition) is 3. The molecular weight excluding hydrogens is 232 g/mol. The summed E-state index contributed by atoms with van der Waals surface area (Å²) in [5, 5.41) is 4.94. The summed E-state index contributed by atoms with van der Waals surface area (Å²) >= 11 is 1.41. The van der Waals surface area contributed by atoms with Gasteiger partial charge in [0.15, 0.2) is 0 Å². The minimum Gasteiger partial charge on any atom is -0.397 e. The molecule has 4 heteroatoms. The molecule has 2 rings (SSSR count). The predicted octanol–water partition coefficient (Wildman–Crippen LogP) is 3.03. The van der Waals surface area contributed by atoms with Gasteiger partial charge in [-0.15, -0.1) is 11.3 Å². The van der Waals surface area contributed by atoms with E-state index in [0.29, 0.717) is 16.5 Å². The van der Waals surface area contributed by atoms with Crippen molar-refractivity contribution < 1.29 is 4.79 Å². The summed E-state index contributed by atoms with van der Waals surface area (Å²) in [6.45, 7) is 2.11. The monoisotopic (exact) mass is 252 g/mol. The normalized spacial score (nSPS) is 18.9. The van der Waals surface area contributed by atoms with Gasteiger partial charge in [0.1, 0.15) is 4.88 Å². The highest BCUT2D eigenvalue weighted by atomic mass is 32.1. The van der Waals surface area contributed by atoms with Gasteiger partial charge in [0, 0.05) is 6.04 Å². The maximum absolute atomic E-state index is 12.0. The highest BCUT2D eigenvalue weighted by Crippen LogP contribution is 2.27. The molecule has 17 heavy (non-hydrogen) atoms. The first-order valence-corrected chi connectivity index (χ1v) is 7.20. The molecule has 1 saturated carbocycles. The van der Waals surface area contributed by atoms with Gasteiger partial charge in [-0.3, -0.25) is 4.79 Å². The summed E-state index contributed by atoms with van der Waals surface area (Å²) in [4.78, 5) is 12.6. The first-order valence-electron chi connectivity index (χ1n) is 6.32. The maximum atomic E-state index is 12.0. The van der Waals surface area contributed by atoms with Crippen LogP contribution in [0.4, 0.5) is 5.69 Å². The average Bonchev–Trinajstić information content (AvgIpc) is 2.76. The van der Waals surface area contributed by atoms with Gasteiger partial charge in [0.05, 0.1) is 5.69 Å². The Morgan fingerprint density at radius 1 is 1.47 bits per heavy atom. The van der Waals surface area contributed by atoms with Crippen LogP contribution < -0.4 is 11.1 Å². The molecule has 1 unspecified atom stereocenters. The lowest BCUT2D eigenvalue weighted by Gasteiger charge is -2.28. The van der Waals surface area contributed by atoms with E-state index in [1.54, 1.807) is 6.07 Å². The minimum atomic E-state index is -0.0180. The van der Waals surface area contributed by atoms with E-state index in [1.165, 1.54) is 43.4 Å². The molecule has 1 atom stereocenters. The molecule has 1 aliphatic carbocycles. The predicted molar refractivity (Wildman–Crippen MR) is 72.2 cm³/mol. The van der Waals surface area contributed by atoms with Crippen molar-refractivity contribution in [3.8, 4) is 0 Å². The highest BCUT2D eigenvalue weighted by molar-refractivity contribution is 7.12. The lowest BCUT2D eigenvalue weighted by Crippen LogP contribution is -2.38. The Bertz CT molecular complexity index is 383. The summed E-state index contributed by atoms with van der Waals surface area (Å²) in [5.41, 5.74) is 6.33. The molecule has 1 amide bonds. The van der Waals surface area contributed by atoms with Crippen LogP contribution in [0.3, 0.4) is 0 Å². The second-order valence-corrected chi connectivity index (χ2v) is 5.78. The van der Waals surface area contributed by atoms with E-state index in [9.17, 15) is 4.79 Å². The molecule has 94 valence electrons. The van der Waals surface area contributed by atoms with Crippen molar-refractivity contribution in [1.82, 2.24) is 5.32 Å². The van der Waals surface area contributed by atoms with Gasteiger partial charge in [0.2, 0.25) is 0 Å². The Morgan fingerprint density at radius 3 is 2.76 bits per heavy atom. The maximum Gasteiger partial charge on any atom is 0.263 e. The average molecular weight is 252 g/mol. The molecule has 0 radical (unpaired) electrons. The third-order valence-corrected chi connectivity index (χ3v) is 4.55. The number of carbonyl (C=O) groups is 1. The smallest absolute Gasteiger partial charge is 0.263 e. The molecule has 0 aliphatic heterocycles. The summed E-state index contributed by atoms with van der Waals surface area (Å²) in [5.74, 6) is 0.615. The number of nitrogens with two attached hydrogens (primary N) is 1. The number of anilines is 1. The van der Waals surface area contributed by atoms with Crippen LogP contribution in [0.2, 0.25) is 0 Å². The quantitative estimate of drug-likeness (QED) is 0.868. The zero-order valence-corrected chi connectivity index (χ0v) is 11.1. The van der Waals surface area contributed by atoms with Gasteiger partial charge in [-0.1, -0.05) is 19.3 Å². The third-order valence-electron chi connectivity index (χ3n) is 3.62. The van der Waals surface area contributed by atoms with Crippen LogP contribution in [0.1, 0.15) is 48.7 Å². The van der Waals surface area contributed by atoms with Crippen molar-refractivity contribution in [2.24, 2.45) is 5.92 Å². The van der Waals surface area contributed by atoms with Crippen LogP contribution in [0, 0.1) is 5.92 Å². The molecule has 1 heterocycles. The Morgan fingerprint density at radius 2 is 2.18 bits per heavy atom. The third kappa shape index (κ3) is 3.00. The minimum absolute atomic E-state index is 0.0180. The van der Waals surface area contributed by atoms with E-state index < -0.39 is 0 Å². The van der Waals surface area contributed by atoms with E-state index >= 15 is 0 Å². The van der Waals surface area contributed by atoms with Gasteiger partial charge < -0.3 is 11.1 Å². The van der Waals surface area contributed by atoms with Crippen molar-refractivity contribution in [2.75, 3.05) is 5.73 Å². The molecule has 1 aromatic rings. The fraction of sp³-hybridized carbons (Fsp3) is 0.615. The van der Waals surface area contributed by atoms with Gasteiger partial charge in [-0.05, 0) is 37.1 Å². The molecule has 0 spiro atoms. The van der Waals surface area contributed by atoms with Crippen molar-refractivity contribution in [2.45, 2.75) is 45.1 Å². The van der Waals surface area contributed by atoms with Crippen LogP contribution in [-0.4, -0.2) is 11.9 Å². The zero-order chi connectivity index (χ0) is 12.3. The van der Waals surface area contributed by atoms with Crippen molar-refractivity contribution in [3.05, 3.63) is 16.3 Å². The second-order valence-electron chi connectivity index (χ2n) is 4.87. The van der Waals surface area contributed by atoms with Crippen LogP contribution in [0.15, 0.2) is 11.4 Å². The molecule has 1 aromatic heterocycles. The molecule has 3 nitrogen and oxygen atoms in total. The molecule has 0 aromatic carbocycles. The fourth-order valence-corrected chi connectivity index (χ4v) is 3.25. The van der Waals surface area contributed by atoms with E-state index in [-0.39, 0.29) is 11.9 Å². The van der Waals surface area contributed by atoms with Gasteiger partial charge in [0.25, 0.3) is 5.91 Å². The van der Waals surface area contributed by atoms with Crippen LogP contribution in [0.25, 0.3) is 0 Å². The Hall–Kier alpha value is -1.03. The first-order chi connectivity index (χ1) is 8.18. The van der Waals surface area contributed by atoms with E-state index in [4.69, 9.17) is 5.73 Å². The Balaban J connectivity index is 1.92. The first kappa shape index (κ1) is 12.4. The number of hydrogen-bond donors (Lipinski definition) is 2. The van der Waals surface area contributed by atoms with E-state index in [2.05, 4.69) is 12.2 Å². The SMILES string of the molecule is CC(NC(=O)c1sccc1N)C1CCCCC1. The molecular formula is C13H20N2OS. The van der Waals surface area contributed by atoms with Crippen LogP contribution >= 0.6 is 11.3 Å². The molecule has 1 aliphatic rings. The highest BCUT2D eigenvalue weighted by Gasteiger charge is 2.22. The summed E-state index contributed by atoms with van der Waals surface area (Å²) < 4.78 is 0. The molecule has 0 saturated heterocycles. The number of nitrogens with one attached hydrogen (secondary N) is 1. The second kappa shape index (κ2) is 5.54. The van der Waals surface area contributed by atoms with Crippen molar-refractivity contribution in [3.63, 3.8) is 0 Å². The summed E-state index contributed by atoms with van der Waals surface area (Å²) in [6, 6.07) is 2.04. The number of rotatable bonds is 3. The van der Waals surface area contributed by atoms with Crippen molar-refractivity contribution in [1.29, 1.82) is 0 Å². The lowest BCUT2D eigenvalue weighted by molar-refractivity contribution is 0.0924. The Labute approximate surface area is 106 Å².